The minimum atomic E-state index is -1.85. The third kappa shape index (κ3) is 3.06. The van der Waals surface area contributed by atoms with Crippen LogP contribution < -0.4 is 40.8 Å². The number of aromatic nitrogens is 2. The van der Waals surface area contributed by atoms with Gasteiger partial charge >= 0.3 is 35.2 Å². The molecule has 1 aliphatic rings. The van der Waals surface area contributed by atoms with Crippen molar-refractivity contribution in [3.63, 3.8) is 0 Å². The van der Waals surface area contributed by atoms with Crippen LogP contribution in [0.3, 0.4) is 0 Å². The van der Waals surface area contributed by atoms with Crippen molar-refractivity contribution in [2.24, 2.45) is 11.0 Å². The Hall–Kier alpha value is -1.13. The van der Waals surface area contributed by atoms with Gasteiger partial charge in [0.2, 0.25) is 0 Å². The quantitative estimate of drug-likeness (QED) is 0.225. The summed E-state index contributed by atoms with van der Waals surface area (Å²) in [5.74, 6) is -0.642. The molecule has 0 saturated carbocycles. The van der Waals surface area contributed by atoms with E-state index in [1.807, 2.05) is 0 Å². The second kappa shape index (κ2) is 6.75. The van der Waals surface area contributed by atoms with Crippen LogP contribution in [-0.4, -0.2) is 38.2 Å². The molecular weight excluding hydrogens is 293 g/mol. The van der Waals surface area contributed by atoms with Gasteiger partial charge in [0.25, 0.3) is 5.56 Å². The number of hydrogen-bond donors (Lipinski definition) is 3. The fraction of sp³-hybridized carbons (Fsp3) is 0.600. The van der Waals surface area contributed by atoms with Gasteiger partial charge in [-0.3, -0.25) is 14.3 Å². The van der Waals surface area contributed by atoms with Crippen molar-refractivity contribution in [3.8, 4) is 0 Å². The molecule has 0 aliphatic carbocycles. The summed E-state index contributed by atoms with van der Waals surface area (Å²) in [5.41, 5.74) is 5.37. The van der Waals surface area contributed by atoms with Crippen LogP contribution >= 0.6 is 0 Å². The number of aromatic amines is 1. The van der Waals surface area contributed by atoms with Crippen LogP contribution in [0.15, 0.2) is 27.0 Å². The Morgan fingerprint density at radius 3 is 2.81 bits per heavy atom. The van der Waals surface area contributed by atoms with Gasteiger partial charge in [0.05, 0.1) is 12.7 Å². The maximum Gasteiger partial charge on any atom is 1.00 e. The molecule has 0 amide bonds. The van der Waals surface area contributed by atoms with Gasteiger partial charge in [0, 0.05) is 23.1 Å². The molecule has 0 radical (unpaired) electrons. The van der Waals surface area contributed by atoms with Gasteiger partial charge in [-0.1, -0.05) is 12.0 Å². The zero-order valence-electron chi connectivity index (χ0n) is 11.5. The van der Waals surface area contributed by atoms with E-state index in [9.17, 15) is 19.8 Å². The van der Waals surface area contributed by atoms with Gasteiger partial charge in [-0.25, -0.2) is 4.79 Å². The van der Waals surface area contributed by atoms with E-state index in [1.165, 1.54) is 6.20 Å². The average Bonchev–Trinajstić information content (AvgIpc) is 2.65. The molecule has 1 aromatic heterocycles. The summed E-state index contributed by atoms with van der Waals surface area (Å²) in [6.07, 6.45) is -1.07. The predicted octanol–water partition coefficient (Wildman–Crippen LogP) is -3.93. The molecule has 1 fully saturated rings. The van der Waals surface area contributed by atoms with E-state index in [-0.39, 0.29) is 29.6 Å². The van der Waals surface area contributed by atoms with Crippen LogP contribution in [0, 0.1) is 5.92 Å². The topological polar surface area (TPSA) is 153 Å². The number of H-pyrrole nitrogens is 1. The van der Waals surface area contributed by atoms with E-state index >= 15 is 0 Å². The van der Waals surface area contributed by atoms with Crippen LogP contribution in [0.1, 0.15) is 13.2 Å². The zero-order chi connectivity index (χ0) is 14.9. The second-order valence-electron chi connectivity index (χ2n) is 4.52. The number of ether oxygens (including phenoxy) is 1. The number of aliphatic hydroxyl groups excluding tert-OH is 2. The molecule has 108 valence electrons. The largest absolute Gasteiger partial charge is 1.00 e. The van der Waals surface area contributed by atoms with E-state index in [1.54, 1.807) is 6.92 Å². The Balaban J connectivity index is 0.00000220. The van der Waals surface area contributed by atoms with Gasteiger partial charge in [-0.2, -0.15) is 0 Å². The van der Waals surface area contributed by atoms with E-state index in [0.717, 1.165) is 10.6 Å². The Morgan fingerprint density at radius 2 is 2.29 bits per heavy atom. The Kier molecular flexibility index (Phi) is 5.76. The van der Waals surface area contributed by atoms with E-state index in [0.29, 0.717) is 0 Å². The normalized spacial score (nSPS) is 31.3. The fourth-order valence-electron chi connectivity index (χ4n) is 2.21. The standard InChI is InChI=1S/C10H13N5O5.Na/c1-5-7(18)10(4-16,13-14-11)20-8(5)15-3-2-6(17)12-9(15)19;/h2-3,5,7-8,16,18H,4H2,1H3,(H,12,17,19);/q;+1/t5-,7-,8+,10+;/m0./s1. The number of azide groups is 1. The van der Waals surface area contributed by atoms with Crippen molar-refractivity contribution in [2.75, 3.05) is 6.61 Å². The summed E-state index contributed by atoms with van der Waals surface area (Å²) in [6.45, 7) is 0.828. The molecule has 2 heterocycles. The van der Waals surface area contributed by atoms with Crippen LogP contribution in [0.2, 0.25) is 0 Å². The van der Waals surface area contributed by atoms with Crippen LogP contribution in [0.5, 0.6) is 0 Å². The van der Waals surface area contributed by atoms with Crippen molar-refractivity contribution in [1.29, 1.82) is 0 Å². The monoisotopic (exact) mass is 306 g/mol. The van der Waals surface area contributed by atoms with Gasteiger partial charge in [0.15, 0.2) is 5.72 Å². The first-order chi connectivity index (χ1) is 9.45. The molecule has 1 aliphatic heterocycles. The number of aliphatic hydroxyl groups is 2. The first-order valence-electron chi connectivity index (χ1n) is 5.79. The summed E-state index contributed by atoms with van der Waals surface area (Å²) < 4.78 is 6.45. The zero-order valence-corrected chi connectivity index (χ0v) is 13.5. The van der Waals surface area contributed by atoms with E-state index < -0.39 is 41.8 Å². The van der Waals surface area contributed by atoms with Gasteiger partial charge in [-0.15, -0.1) is 0 Å². The molecule has 1 saturated heterocycles. The SMILES string of the molecule is C[C@@H]1[C@H](n2ccc(=O)[nH]c2=O)O[C@@](CO)(N=[N+]=[N-])[C@H]1O.[Na+]. The van der Waals surface area contributed by atoms with E-state index in [4.69, 9.17) is 10.3 Å². The minimum absolute atomic E-state index is 0. The molecule has 10 nitrogen and oxygen atoms in total. The van der Waals surface area contributed by atoms with Gasteiger partial charge in [0.1, 0.15) is 6.23 Å². The number of nitrogens with zero attached hydrogens (tertiary/aromatic N) is 4. The van der Waals surface area contributed by atoms with Crippen molar-refractivity contribution in [2.45, 2.75) is 25.0 Å². The third-order valence-electron chi connectivity index (χ3n) is 3.30. The molecule has 11 heteroatoms. The summed E-state index contributed by atoms with van der Waals surface area (Å²) in [4.78, 5) is 27.3. The smallest absolute Gasteiger partial charge is 0.393 e. The fourth-order valence-corrected chi connectivity index (χ4v) is 2.21. The van der Waals surface area contributed by atoms with Crippen LogP contribution in [0.4, 0.5) is 0 Å². The number of hydrogen-bond acceptors (Lipinski definition) is 6. The molecule has 0 spiro atoms. The van der Waals surface area contributed by atoms with Crippen molar-refractivity contribution < 1.29 is 44.5 Å². The summed E-state index contributed by atoms with van der Waals surface area (Å²) >= 11 is 0. The molecule has 4 atom stereocenters. The molecular formula is C10H13N5NaO5+. The molecule has 21 heavy (non-hydrogen) atoms. The van der Waals surface area contributed by atoms with Crippen molar-refractivity contribution in [3.05, 3.63) is 43.5 Å². The van der Waals surface area contributed by atoms with E-state index in [2.05, 4.69) is 15.0 Å². The second-order valence-corrected chi connectivity index (χ2v) is 4.52. The summed E-state index contributed by atoms with van der Waals surface area (Å²) in [7, 11) is 0. The summed E-state index contributed by atoms with van der Waals surface area (Å²) in [6, 6.07) is 1.12. The maximum absolute atomic E-state index is 11.7. The number of nitrogens with one attached hydrogen (secondary N) is 1. The van der Waals surface area contributed by atoms with Crippen LogP contribution in [0.25, 0.3) is 10.4 Å². The minimum Gasteiger partial charge on any atom is -0.393 e. The van der Waals surface area contributed by atoms with Crippen molar-refractivity contribution in [1.82, 2.24) is 9.55 Å². The molecule has 2 rings (SSSR count). The predicted molar refractivity (Wildman–Crippen MR) is 65.6 cm³/mol. The third-order valence-corrected chi connectivity index (χ3v) is 3.30. The first-order valence-corrected chi connectivity index (χ1v) is 5.79. The molecule has 3 N–H and O–H groups in total. The molecule has 1 aromatic rings. The average molecular weight is 306 g/mol. The van der Waals surface area contributed by atoms with Crippen molar-refractivity contribution >= 4 is 0 Å². The molecule has 0 aromatic carbocycles. The molecule has 0 unspecified atom stereocenters. The Bertz CT molecular complexity index is 668. The maximum atomic E-state index is 11.7. The Labute approximate surface area is 140 Å². The van der Waals surface area contributed by atoms with Crippen LogP contribution in [-0.2, 0) is 4.74 Å². The Morgan fingerprint density at radius 1 is 1.62 bits per heavy atom. The first kappa shape index (κ1) is 17.9. The number of rotatable bonds is 3. The van der Waals surface area contributed by atoms with Gasteiger partial charge in [-0.05, 0) is 5.53 Å². The van der Waals surface area contributed by atoms with Gasteiger partial charge < -0.3 is 14.9 Å². The summed E-state index contributed by atoms with van der Waals surface area (Å²) in [5, 5.41) is 22.7. The molecule has 0 bridgehead atoms.